The van der Waals surface area contributed by atoms with E-state index in [4.69, 9.17) is 11.6 Å². The van der Waals surface area contributed by atoms with Crippen LogP contribution in [0.5, 0.6) is 0 Å². The lowest BCUT2D eigenvalue weighted by atomic mass is 10.2. The van der Waals surface area contributed by atoms with Gasteiger partial charge in [-0.15, -0.1) is 5.10 Å². The standard InChI is InChI=1S/C16H22ClN5/c1-4-9-22(10-5-2)16-20-15(11-18-21-16)19-14-8-6-7-13(17)12(14)3/h6-8,11H,4-5,9-10H2,1-3H3,(H,19,20,21). The molecule has 2 rings (SSSR count). The van der Waals surface area contributed by atoms with Gasteiger partial charge in [0.1, 0.15) is 0 Å². The van der Waals surface area contributed by atoms with Gasteiger partial charge in [-0.2, -0.15) is 10.1 Å². The second-order valence-corrected chi connectivity index (χ2v) is 5.57. The lowest BCUT2D eigenvalue weighted by Gasteiger charge is -2.21. The number of nitrogens with one attached hydrogen (secondary N) is 1. The van der Waals surface area contributed by atoms with Gasteiger partial charge in [0, 0.05) is 23.8 Å². The van der Waals surface area contributed by atoms with Crippen molar-refractivity contribution in [3.63, 3.8) is 0 Å². The molecule has 0 bridgehead atoms. The van der Waals surface area contributed by atoms with Crippen molar-refractivity contribution in [1.82, 2.24) is 15.2 Å². The fourth-order valence-electron chi connectivity index (χ4n) is 2.22. The highest BCUT2D eigenvalue weighted by atomic mass is 35.5. The van der Waals surface area contributed by atoms with Crippen LogP contribution in [-0.2, 0) is 0 Å². The van der Waals surface area contributed by atoms with Crippen LogP contribution in [0, 0.1) is 6.92 Å². The quantitative estimate of drug-likeness (QED) is 0.828. The molecule has 6 heteroatoms. The van der Waals surface area contributed by atoms with E-state index in [0.29, 0.717) is 11.8 Å². The first-order valence-electron chi connectivity index (χ1n) is 7.62. The SMILES string of the molecule is CCCN(CCC)c1nncc(Nc2cccc(Cl)c2C)n1. The van der Waals surface area contributed by atoms with Crippen LogP contribution in [-0.4, -0.2) is 28.3 Å². The first-order valence-corrected chi connectivity index (χ1v) is 8.00. The average Bonchev–Trinajstić information content (AvgIpc) is 2.52. The average molecular weight is 320 g/mol. The number of halogens is 1. The molecule has 0 spiro atoms. The molecule has 0 amide bonds. The van der Waals surface area contributed by atoms with Gasteiger partial charge in [0.25, 0.3) is 0 Å². The highest BCUT2D eigenvalue weighted by Gasteiger charge is 2.10. The smallest absolute Gasteiger partial charge is 0.247 e. The lowest BCUT2D eigenvalue weighted by Crippen LogP contribution is -2.27. The van der Waals surface area contributed by atoms with Gasteiger partial charge in [0.2, 0.25) is 5.95 Å². The summed E-state index contributed by atoms with van der Waals surface area (Å²) < 4.78 is 0. The minimum Gasteiger partial charge on any atom is -0.339 e. The first-order chi connectivity index (χ1) is 10.7. The molecular formula is C16H22ClN5. The molecular weight excluding hydrogens is 298 g/mol. The van der Waals surface area contributed by atoms with Crippen LogP contribution in [0.25, 0.3) is 0 Å². The molecule has 5 nitrogen and oxygen atoms in total. The number of hydrogen-bond acceptors (Lipinski definition) is 5. The van der Waals surface area contributed by atoms with E-state index in [1.807, 2.05) is 25.1 Å². The summed E-state index contributed by atoms with van der Waals surface area (Å²) >= 11 is 6.15. The summed E-state index contributed by atoms with van der Waals surface area (Å²) in [5, 5.41) is 12.2. The topological polar surface area (TPSA) is 53.9 Å². The first kappa shape index (κ1) is 16.5. The van der Waals surface area contributed by atoms with E-state index in [-0.39, 0.29) is 0 Å². The van der Waals surface area contributed by atoms with Gasteiger partial charge < -0.3 is 10.2 Å². The molecule has 0 aliphatic carbocycles. The van der Waals surface area contributed by atoms with Gasteiger partial charge in [0.15, 0.2) is 5.82 Å². The Morgan fingerprint density at radius 1 is 1.18 bits per heavy atom. The molecule has 0 saturated carbocycles. The molecule has 2 aromatic rings. The van der Waals surface area contributed by atoms with E-state index >= 15 is 0 Å². The highest BCUT2D eigenvalue weighted by molar-refractivity contribution is 6.31. The van der Waals surface area contributed by atoms with Crippen molar-refractivity contribution >= 4 is 29.1 Å². The van der Waals surface area contributed by atoms with Gasteiger partial charge in [-0.1, -0.05) is 31.5 Å². The van der Waals surface area contributed by atoms with Crippen LogP contribution in [0.1, 0.15) is 32.3 Å². The van der Waals surface area contributed by atoms with Crippen LogP contribution in [0.15, 0.2) is 24.4 Å². The second kappa shape index (κ2) is 7.94. The maximum absolute atomic E-state index is 6.15. The van der Waals surface area contributed by atoms with Crippen molar-refractivity contribution in [2.75, 3.05) is 23.3 Å². The third-order valence-corrected chi connectivity index (χ3v) is 3.76. The zero-order valence-corrected chi connectivity index (χ0v) is 14.1. The van der Waals surface area contributed by atoms with Crippen molar-refractivity contribution in [1.29, 1.82) is 0 Å². The third kappa shape index (κ3) is 4.07. The van der Waals surface area contributed by atoms with Crippen LogP contribution < -0.4 is 10.2 Å². The van der Waals surface area contributed by atoms with Crippen molar-refractivity contribution in [3.8, 4) is 0 Å². The summed E-state index contributed by atoms with van der Waals surface area (Å²) in [6, 6.07) is 5.75. The lowest BCUT2D eigenvalue weighted by molar-refractivity contribution is 0.711. The Hall–Kier alpha value is -1.88. The van der Waals surface area contributed by atoms with Crippen molar-refractivity contribution < 1.29 is 0 Å². The predicted molar refractivity (Wildman–Crippen MR) is 92.1 cm³/mol. The minimum atomic E-state index is 0.661. The number of benzene rings is 1. The van der Waals surface area contributed by atoms with E-state index in [2.05, 4.69) is 39.2 Å². The van der Waals surface area contributed by atoms with Gasteiger partial charge in [-0.3, -0.25) is 0 Å². The highest BCUT2D eigenvalue weighted by Crippen LogP contribution is 2.25. The molecule has 0 atom stereocenters. The van der Waals surface area contributed by atoms with Crippen LogP contribution in [0.3, 0.4) is 0 Å². The molecule has 22 heavy (non-hydrogen) atoms. The molecule has 118 valence electrons. The molecule has 1 aromatic carbocycles. The summed E-state index contributed by atoms with van der Waals surface area (Å²) in [5.41, 5.74) is 1.92. The minimum absolute atomic E-state index is 0.661. The second-order valence-electron chi connectivity index (χ2n) is 5.17. The number of rotatable bonds is 7. The van der Waals surface area contributed by atoms with Crippen LogP contribution in [0.2, 0.25) is 5.02 Å². The summed E-state index contributed by atoms with van der Waals surface area (Å²) in [6.45, 7) is 8.12. The molecule has 1 N–H and O–H groups in total. The van der Waals surface area contributed by atoms with Gasteiger partial charge in [-0.05, 0) is 37.5 Å². The molecule has 0 fully saturated rings. The Morgan fingerprint density at radius 2 is 1.91 bits per heavy atom. The Kier molecular flexibility index (Phi) is 5.95. The molecule has 0 radical (unpaired) electrons. The molecule has 0 aliphatic heterocycles. The largest absolute Gasteiger partial charge is 0.339 e. The fourth-order valence-corrected chi connectivity index (χ4v) is 2.40. The maximum Gasteiger partial charge on any atom is 0.247 e. The predicted octanol–water partition coefficient (Wildman–Crippen LogP) is 4.20. The van der Waals surface area contributed by atoms with Crippen molar-refractivity contribution in [3.05, 3.63) is 35.0 Å². The number of hydrogen-bond donors (Lipinski definition) is 1. The van der Waals surface area contributed by atoms with Crippen molar-refractivity contribution in [2.24, 2.45) is 0 Å². The monoisotopic (exact) mass is 319 g/mol. The number of aromatic nitrogens is 3. The third-order valence-electron chi connectivity index (χ3n) is 3.35. The van der Waals surface area contributed by atoms with Gasteiger partial charge in [0.05, 0.1) is 6.20 Å². The zero-order valence-electron chi connectivity index (χ0n) is 13.3. The van der Waals surface area contributed by atoms with E-state index in [9.17, 15) is 0 Å². The maximum atomic E-state index is 6.15. The summed E-state index contributed by atoms with van der Waals surface area (Å²) in [4.78, 5) is 6.73. The number of anilines is 3. The summed E-state index contributed by atoms with van der Waals surface area (Å²) in [7, 11) is 0. The molecule has 0 saturated heterocycles. The normalized spacial score (nSPS) is 10.5. The zero-order chi connectivity index (χ0) is 15.9. The Labute approximate surface area is 136 Å². The Morgan fingerprint density at radius 3 is 2.59 bits per heavy atom. The van der Waals surface area contributed by atoms with Crippen LogP contribution in [0.4, 0.5) is 17.5 Å². The van der Waals surface area contributed by atoms with E-state index < -0.39 is 0 Å². The molecule has 1 aromatic heterocycles. The summed E-state index contributed by atoms with van der Waals surface area (Å²) in [5.74, 6) is 1.33. The van der Waals surface area contributed by atoms with E-state index in [1.54, 1.807) is 6.20 Å². The van der Waals surface area contributed by atoms with Crippen molar-refractivity contribution in [2.45, 2.75) is 33.6 Å². The molecule has 1 heterocycles. The Bertz CT molecular complexity index is 611. The Balaban J connectivity index is 2.22. The van der Waals surface area contributed by atoms with Crippen LogP contribution >= 0.6 is 11.6 Å². The summed E-state index contributed by atoms with van der Waals surface area (Å²) in [6.07, 6.45) is 3.72. The number of nitrogens with zero attached hydrogens (tertiary/aromatic N) is 4. The van der Waals surface area contributed by atoms with E-state index in [1.165, 1.54) is 0 Å². The fraction of sp³-hybridized carbons (Fsp3) is 0.438. The molecule has 0 unspecified atom stereocenters. The molecule has 0 aliphatic rings. The van der Waals surface area contributed by atoms with Gasteiger partial charge in [-0.25, -0.2) is 0 Å². The van der Waals surface area contributed by atoms with E-state index in [0.717, 1.165) is 42.2 Å². The van der Waals surface area contributed by atoms with Gasteiger partial charge >= 0.3 is 0 Å².